The maximum atomic E-state index is 11.3. The lowest BCUT2D eigenvalue weighted by Crippen LogP contribution is -2.24. The zero-order valence-corrected chi connectivity index (χ0v) is 10.2. The van der Waals surface area contributed by atoms with Crippen LogP contribution in [0.2, 0.25) is 0 Å². The Hall–Kier alpha value is -1.35. The largest absolute Gasteiger partial charge is 0.481 e. The molecule has 2 N–H and O–H groups in total. The second-order valence-electron chi connectivity index (χ2n) is 5.51. The van der Waals surface area contributed by atoms with Crippen LogP contribution in [0.15, 0.2) is 24.3 Å². The number of carboxylic acid groups (broad SMARTS) is 1. The van der Waals surface area contributed by atoms with Gasteiger partial charge in [0.15, 0.2) is 0 Å². The highest BCUT2D eigenvalue weighted by Crippen LogP contribution is 2.48. The molecule has 2 rings (SSSR count). The quantitative estimate of drug-likeness (QED) is 0.838. The molecule has 1 saturated carbocycles. The van der Waals surface area contributed by atoms with Crippen LogP contribution in [0.5, 0.6) is 0 Å². The van der Waals surface area contributed by atoms with Crippen molar-refractivity contribution in [1.82, 2.24) is 0 Å². The highest BCUT2D eigenvalue weighted by Gasteiger charge is 2.51. The molecular formula is C14H18O3. The van der Waals surface area contributed by atoms with Crippen molar-refractivity contribution in [3.05, 3.63) is 35.4 Å². The van der Waals surface area contributed by atoms with Crippen LogP contribution in [0.4, 0.5) is 0 Å². The molecule has 1 aromatic carbocycles. The highest BCUT2D eigenvalue weighted by atomic mass is 16.4. The summed E-state index contributed by atoms with van der Waals surface area (Å²) in [5, 5.41) is 18.6. The van der Waals surface area contributed by atoms with Gasteiger partial charge in [0.25, 0.3) is 0 Å². The number of carbonyl (C=O) groups is 1. The first-order chi connectivity index (χ1) is 7.92. The van der Waals surface area contributed by atoms with E-state index in [-0.39, 0.29) is 12.0 Å². The Morgan fingerprint density at radius 2 is 2.06 bits per heavy atom. The van der Waals surface area contributed by atoms with Gasteiger partial charge < -0.3 is 10.2 Å². The van der Waals surface area contributed by atoms with Crippen molar-refractivity contribution in [3.63, 3.8) is 0 Å². The summed E-state index contributed by atoms with van der Waals surface area (Å²) in [5.41, 5.74) is 0.862. The van der Waals surface area contributed by atoms with Crippen molar-refractivity contribution in [1.29, 1.82) is 0 Å². The van der Waals surface area contributed by atoms with Gasteiger partial charge in [-0.15, -0.1) is 0 Å². The first-order valence-corrected chi connectivity index (χ1v) is 5.88. The molecule has 0 bridgehead atoms. The summed E-state index contributed by atoms with van der Waals surface area (Å²) in [7, 11) is 0. The SMILES string of the molecule is CC(C)(CO)c1cccc(C2(C(=O)O)CC2)c1. The first-order valence-electron chi connectivity index (χ1n) is 5.88. The number of hydrogen-bond acceptors (Lipinski definition) is 2. The Morgan fingerprint density at radius 1 is 1.41 bits per heavy atom. The van der Waals surface area contributed by atoms with Gasteiger partial charge in [0.05, 0.1) is 12.0 Å². The number of benzene rings is 1. The topological polar surface area (TPSA) is 57.5 Å². The Bertz CT molecular complexity index is 445. The zero-order chi connectivity index (χ0) is 12.7. The van der Waals surface area contributed by atoms with E-state index in [0.717, 1.165) is 11.1 Å². The second-order valence-corrected chi connectivity index (χ2v) is 5.51. The van der Waals surface area contributed by atoms with Gasteiger partial charge in [0.2, 0.25) is 0 Å². The van der Waals surface area contributed by atoms with Crippen molar-refractivity contribution in [3.8, 4) is 0 Å². The van der Waals surface area contributed by atoms with E-state index in [1.807, 2.05) is 38.1 Å². The van der Waals surface area contributed by atoms with Gasteiger partial charge >= 0.3 is 5.97 Å². The number of carboxylic acids is 1. The van der Waals surface area contributed by atoms with Gasteiger partial charge in [-0.25, -0.2) is 0 Å². The van der Waals surface area contributed by atoms with Gasteiger partial charge in [-0.05, 0) is 24.0 Å². The second kappa shape index (κ2) is 3.84. The molecule has 1 fully saturated rings. The van der Waals surface area contributed by atoms with E-state index in [4.69, 9.17) is 0 Å². The Balaban J connectivity index is 2.39. The number of rotatable bonds is 4. The van der Waals surface area contributed by atoms with E-state index in [1.165, 1.54) is 0 Å². The maximum absolute atomic E-state index is 11.3. The van der Waals surface area contributed by atoms with E-state index in [1.54, 1.807) is 0 Å². The average Bonchev–Trinajstić information content (AvgIpc) is 3.10. The molecule has 0 radical (unpaired) electrons. The van der Waals surface area contributed by atoms with E-state index in [0.29, 0.717) is 12.8 Å². The van der Waals surface area contributed by atoms with Crippen LogP contribution in [0, 0.1) is 0 Å². The minimum Gasteiger partial charge on any atom is -0.481 e. The molecule has 0 amide bonds. The monoisotopic (exact) mass is 234 g/mol. The minimum absolute atomic E-state index is 0.0521. The van der Waals surface area contributed by atoms with Crippen molar-refractivity contribution in [2.75, 3.05) is 6.61 Å². The molecule has 3 heteroatoms. The highest BCUT2D eigenvalue weighted by molar-refractivity contribution is 5.85. The molecular weight excluding hydrogens is 216 g/mol. The number of hydrogen-bond donors (Lipinski definition) is 2. The Morgan fingerprint density at radius 3 is 2.53 bits per heavy atom. The van der Waals surface area contributed by atoms with Crippen LogP contribution < -0.4 is 0 Å². The molecule has 0 heterocycles. The van der Waals surface area contributed by atoms with Crippen LogP contribution in [0.1, 0.15) is 37.8 Å². The maximum Gasteiger partial charge on any atom is 0.314 e. The normalized spacial score (nSPS) is 17.8. The Labute approximate surface area is 101 Å². The number of aliphatic hydroxyl groups excluding tert-OH is 1. The standard InChI is InChI=1S/C14H18O3/c1-13(2,9-15)10-4-3-5-11(8-10)14(6-7-14)12(16)17/h3-5,8,15H,6-7,9H2,1-2H3,(H,16,17). The molecule has 1 aromatic rings. The summed E-state index contributed by atoms with van der Waals surface area (Å²) in [6, 6.07) is 7.62. The molecule has 0 aliphatic heterocycles. The summed E-state index contributed by atoms with van der Waals surface area (Å²) < 4.78 is 0. The summed E-state index contributed by atoms with van der Waals surface area (Å²) in [6.45, 7) is 3.95. The molecule has 0 spiro atoms. The Kier molecular flexibility index (Phi) is 2.74. The fourth-order valence-corrected chi connectivity index (χ4v) is 2.08. The van der Waals surface area contributed by atoms with E-state index < -0.39 is 11.4 Å². The molecule has 0 unspecified atom stereocenters. The van der Waals surface area contributed by atoms with Gasteiger partial charge in [0, 0.05) is 5.41 Å². The molecule has 1 aliphatic carbocycles. The third-order valence-electron chi connectivity index (χ3n) is 3.75. The fraction of sp³-hybridized carbons (Fsp3) is 0.500. The van der Waals surface area contributed by atoms with Crippen LogP contribution >= 0.6 is 0 Å². The number of aliphatic carboxylic acids is 1. The van der Waals surface area contributed by atoms with Crippen LogP contribution in [-0.2, 0) is 15.6 Å². The first kappa shape index (κ1) is 12.1. The van der Waals surface area contributed by atoms with Crippen LogP contribution in [0.25, 0.3) is 0 Å². The predicted molar refractivity (Wildman–Crippen MR) is 65.1 cm³/mol. The molecule has 3 nitrogen and oxygen atoms in total. The lowest BCUT2D eigenvalue weighted by Gasteiger charge is -2.23. The molecule has 0 atom stereocenters. The minimum atomic E-state index is -0.739. The van der Waals surface area contributed by atoms with Crippen molar-refractivity contribution >= 4 is 5.97 Å². The average molecular weight is 234 g/mol. The third kappa shape index (κ3) is 1.95. The van der Waals surface area contributed by atoms with Gasteiger partial charge in [-0.1, -0.05) is 38.1 Å². The molecule has 0 saturated heterocycles. The summed E-state index contributed by atoms with van der Waals surface area (Å²) in [4.78, 5) is 11.3. The molecule has 1 aliphatic rings. The number of aliphatic hydroxyl groups is 1. The summed E-state index contributed by atoms with van der Waals surface area (Å²) >= 11 is 0. The molecule has 0 aromatic heterocycles. The van der Waals surface area contributed by atoms with Crippen molar-refractivity contribution in [2.24, 2.45) is 0 Å². The lowest BCUT2D eigenvalue weighted by atomic mass is 9.83. The summed E-state index contributed by atoms with van der Waals surface area (Å²) in [6.07, 6.45) is 1.43. The van der Waals surface area contributed by atoms with Gasteiger partial charge in [0.1, 0.15) is 0 Å². The fourth-order valence-electron chi connectivity index (χ4n) is 2.08. The third-order valence-corrected chi connectivity index (χ3v) is 3.75. The van der Waals surface area contributed by atoms with E-state index >= 15 is 0 Å². The van der Waals surface area contributed by atoms with Crippen molar-refractivity contribution < 1.29 is 15.0 Å². The molecule has 17 heavy (non-hydrogen) atoms. The van der Waals surface area contributed by atoms with Crippen LogP contribution in [0.3, 0.4) is 0 Å². The van der Waals surface area contributed by atoms with Gasteiger partial charge in [-0.2, -0.15) is 0 Å². The lowest BCUT2D eigenvalue weighted by molar-refractivity contribution is -0.140. The van der Waals surface area contributed by atoms with E-state index in [2.05, 4.69) is 0 Å². The van der Waals surface area contributed by atoms with E-state index in [9.17, 15) is 15.0 Å². The molecule has 92 valence electrons. The zero-order valence-electron chi connectivity index (χ0n) is 10.2. The van der Waals surface area contributed by atoms with Crippen LogP contribution in [-0.4, -0.2) is 22.8 Å². The summed E-state index contributed by atoms with van der Waals surface area (Å²) in [5.74, 6) is -0.739. The smallest absolute Gasteiger partial charge is 0.314 e. The van der Waals surface area contributed by atoms with Gasteiger partial charge in [-0.3, -0.25) is 4.79 Å². The predicted octanol–water partition coefficient (Wildman–Crippen LogP) is 2.07. The van der Waals surface area contributed by atoms with Crippen molar-refractivity contribution in [2.45, 2.75) is 37.5 Å².